The first-order valence-corrected chi connectivity index (χ1v) is 21.3. The Morgan fingerprint density at radius 2 is 1.32 bits per heavy atom. The van der Waals surface area contributed by atoms with E-state index < -0.39 is 0 Å². The van der Waals surface area contributed by atoms with E-state index in [4.69, 9.17) is 14.7 Å². The molecule has 2 aliphatic heterocycles. The molecular formula is C54H58N4O. The molecule has 0 bridgehead atoms. The van der Waals surface area contributed by atoms with Gasteiger partial charge in [-0.2, -0.15) is 0 Å². The van der Waals surface area contributed by atoms with Crippen LogP contribution in [0.4, 0.5) is 17.1 Å². The summed E-state index contributed by atoms with van der Waals surface area (Å²) in [5.74, 6) is 1.98. The number of nitrogens with zero attached hydrogens (tertiary/aromatic N) is 4. The molecule has 0 radical (unpaired) electrons. The van der Waals surface area contributed by atoms with Crippen LogP contribution in [0, 0.1) is 40.5 Å². The number of aliphatic imine (C=N–C) groups is 1. The number of anilines is 3. The van der Waals surface area contributed by atoms with Crippen molar-refractivity contribution in [2.75, 3.05) is 11.5 Å². The number of ether oxygens (including phenoxy) is 1. The maximum absolute atomic E-state index is 6.54. The Bertz CT molecular complexity index is 2880. The maximum Gasteiger partial charge on any atom is 0.216 e. The van der Waals surface area contributed by atoms with Gasteiger partial charge in [-0.3, -0.25) is 4.57 Å². The first kappa shape index (κ1) is 38.8. The fourth-order valence-electron chi connectivity index (χ4n) is 9.60. The standard InChI is InChI=1S/C54H58N4O/c1-31(2)54(13)30-59-51(56-54)38-24-37(50-35(6)20-34(5)21-36(50)7)25-40(26-38)57-46-17-15-33(4)23-43(46)53(11,12)44-28-42-41-22-32(3)14-16-45(41)58(47(42)29-48(44)57)49-27-39(18-19-55-49)52(8,9)10/h14-29,31H,30H2,1-13H3/t54-/m0/s1. The molecule has 1 atom stereocenters. The average Bonchev–Trinajstić information content (AvgIpc) is 3.72. The molecule has 0 aliphatic carbocycles. The van der Waals surface area contributed by atoms with Crippen molar-refractivity contribution in [3.05, 3.63) is 147 Å². The average molecular weight is 779 g/mol. The number of aromatic nitrogens is 2. The zero-order chi connectivity index (χ0) is 41.9. The summed E-state index contributed by atoms with van der Waals surface area (Å²) in [6, 6.07) is 34.7. The molecule has 2 aliphatic rings. The van der Waals surface area contributed by atoms with Gasteiger partial charge in [-0.1, -0.05) is 95.5 Å². The van der Waals surface area contributed by atoms with Crippen molar-refractivity contribution in [1.29, 1.82) is 0 Å². The van der Waals surface area contributed by atoms with E-state index in [9.17, 15) is 0 Å². The molecule has 9 rings (SSSR count). The van der Waals surface area contributed by atoms with Crippen molar-refractivity contribution in [2.24, 2.45) is 10.9 Å². The highest BCUT2D eigenvalue weighted by Crippen LogP contribution is 2.54. The third kappa shape index (κ3) is 6.27. The van der Waals surface area contributed by atoms with Crippen LogP contribution in [0.3, 0.4) is 0 Å². The van der Waals surface area contributed by atoms with Crippen LogP contribution in [0.1, 0.15) is 105 Å². The largest absolute Gasteiger partial charge is 0.475 e. The van der Waals surface area contributed by atoms with Gasteiger partial charge < -0.3 is 9.64 Å². The zero-order valence-electron chi connectivity index (χ0n) is 37.2. The number of hydrogen-bond donors (Lipinski definition) is 0. The Morgan fingerprint density at radius 1 is 0.661 bits per heavy atom. The van der Waals surface area contributed by atoms with E-state index in [1.807, 2.05) is 6.20 Å². The number of aryl methyl sites for hydroxylation is 5. The second kappa shape index (κ2) is 13.4. The second-order valence-electron chi connectivity index (χ2n) is 19.6. The van der Waals surface area contributed by atoms with Gasteiger partial charge in [0.15, 0.2) is 0 Å². The SMILES string of the molecule is Cc1cc(C)c(-c2cc(C3=N[C@](C)(C(C)C)CO3)cc(N3c4ccc(C)cc4C(C)(C)c4cc5c6cc(C)ccc6n(-c6cc(C(C)(C)C)ccn6)c5cc43)c2)c(C)c1. The third-order valence-corrected chi connectivity index (χ3v) is 13.3. The van der Waals surface area contributed by atoms with Crippen LogP contribution in [0.25, 0.3) is 38.8 Å². The first-order valence-electron chi connectivity index (χ1n) is 21.3. The molecule has 0 unspecified atom stereocenters. The highest BCUT2D eigenvalue weighted by atomic mass is 16.5. The van der Waals surface area contributed by atoms with Crippen LogP contribution < -0.4 is 4.90 Å². The summed E-state index contributed by atoms with van der Waals surface area (Å²) in [6.07, 6.45) is 1.97. The summed E-state index contributed by atoms with van der Waals surface area (Å²) in [7, 11) is 0. The molecule has 0 spiro atoms. The normalized spacial score (nSPS) is 17.4. The molecule has 2 aromatic heterocycles. The van der Waals surface area contributed by atoms with E-state index >= 15 is 0 Å². The molecule has 5 aromatic carbocycles. The second-order valence-corrected chi connectivity index (χ2v) is 19.6. The van der Waals surface area contributed by atoms with Gasteiger partial charge >= 0.3 is 0 Å². The first-order chi connectivity index (χ1) is 27.8. The molecule has 4 heterocycles. The smallest absolute Gasteiger partial charge is 0.216 e. The Balaban J connectivity index is 1.38. The van der Waals surface area contributed by atoms with E-state index in [-0.39, 0.29) is 16.4 Å². The molecule has 0 saturated heterocycles. The predicted octanol–water partition coefficient (Wildman–Crippen LogP) is 14.0. The summed E-state index contributed by atoms with van der Waals surface area (Å²) in [4.78, 5) is 12.9. The molecule has 0 fully saturated rings. The highest BCUT2D eigenvalue weighted by Gasteiger charge is 2.40. The van der Waals surface area contributed by atoms with Crippen LogP contribution in [0.5, 0.6) is 0 Å². The van der Waals surface area contributed by atoms with Crippen molar-refractivity contribution in [1.82, 2.24) is 9.55 Å². The Hall–Kier alpha value is -5.68. The van der Waals surface area contributed by atoms with E-state index in [1.54, 1.807) is 0 Å². The summed E-state index contributed by atoms with van der Waals surface area (Å²) >= 11 is 0. The molecule has 5 nitrogen and oxygen atoms in total. The summed E-state index contributed by atoms with van der Waals surface area (Å²) in [5.41, 5.74) is 18.6. The fourth-order valence-corrected chi connectivity index (χ4v) is 9.60. The van der Waals surface area contributed by atoms with Crippen LogP contribution >= 0.6 is 0 Å². The van der Waals surface area contributed by atoms with Crippen molar-refractivity contribution in [2.45, 2.75) is 106 Å². The summed E-state index contributed by atoms with van der Waals surface area (Å²) < 4.78 is 8.92. The van der Waals surface area contributed by atoms with Crippen molar-refractivity contribution in [3.63, 3.8) is 0 Å². The topological polar surface area (TPSA) is 42.6 Å². The predicted molar refractivity (Wildman–Crippen MR) is 249 cm³/mol. The lowest BCUT2D eigenvalue weighted by molar-refractivity contribution is 0.224. The van der Waals surface area contributed by atoms with Crippen LogP contribution in [-0.4, -0.2) is 27.6 Å². The third-order valence-electron chi connectivity index (χ3n) is 13.3. The maximum atomic E-state index is 6.54. The molecule has 0 saturated carbocycles. The highest BCUT2D eigenvalue weighted by molar-refractivity contribution is 6.12. The van der Waals surface area contributed by atoms with E-state index in [2.05, 4.69) is 190 Å². The number of pyridine rings is 1. The van der Waals surface area contributed by atoms with Gasteiger partial charge in [-0.15, -0.1) is 0 Å². The Labute approximate surface area is 350 Å². The number of fused-ring (bicyclic) bond motifs is 5. The number of benzene rings is 5. The van der Waals surface area contributed by atoms with Gasteiger partial charge in [-0.05, 0) is 152 Å². The summed E-state index contributed by atoms with van der Waals surface area (Å²) in [5, 5.41) is 2.47. The monoisotopic (exact) mass is 778 g/mol. The lowest BCUT2D eigenvalue weighted by Gasteiger charge is -2.42. The zero-order valence-corrected chi connectivity index (χ0v) is 37.2. The van der Waals surface area contributed by atoms with Crippen LogP contribution in [0.15, 0.2) is 102 Å². The molecule has 7 aromatic rings. The van der Waals surface area contributed by atoms with E-state index in [0.717, 1.165) is 39.4 Å². The molecule has 0 amide bonds. The van der Waals surface area contributed by atoms with Gasteiger partial charge in [-0.25, -0.2) is 9.98 Å². The fraction of sp³-hybridized carbons (Fsp3) is 0.333. The molecule has 300 valence electrons. The molecular weight excluding hydrogens is 721 g/mol. The number of hydrogen-bond acceptors (Lipinski definition) is 4. The van der Waals surface area contributed by atoms with Crippen LogP contribution in [0.2, 0.25) is 0 Å². The van der Waals surface area contributed by atoms with Gasteiger partial charge in [0.25, 0.3) is 0 Å². The summed E-state index contributed by atoms with van der Waals surface area (Å²) in [6.45, 7) is 29.9. The minimum absolute atomic E-state index is 0.0221. The van der Waals surface area contributed by atoms with E-state index in [0.29, 0.717) is 18.4 Å². The van der Waals surface area contributed by atoms with Gasteiger partial charge in [0.1, 0.15) is 12.4 Å². The van der Waals surface area contributed by atoms with Gasteiger partial charge in [0.05, 0.1) is 27.9 Å². The Kier molecular flexibility index (Phi) is 8.83. The molecule has 0 N–H and O–H groups in total. The Morgan fingerprint density at radius 3 is 2.02 bits per heavy atom. The van der Waals surface area contributed by atoms with Crippen molar-refractivity contribution < 1.29 is 4.74 Å². The van der Waals surface area contributed by atoms with E-state index in [1.165, 1.54) is 66.5 Å². The molecule has 59 heavy (non-hydrogen) atoms. The van der Waals surface area contributed by atoms with Crippen molar-refractivity contribution >= 4 is 44.8 Å². The van der Waals surface area contributed by atoms with Gasteiger partial charge in [0, 0.05) is 33.6 Å². The minimum atomic E-state index is -0.289. The lowest BCUT2D eigenvalue weighted by atomic mass is 9.72. The lowest BCUT2D eigenvalue weighted by Crippen LogP contribution is -2.31. The number of rotatable bonds is 5. The quantitative estimate of drug-likeness (QED) is 0.175. The van der Waals surface area contributed by atoms with Crippen molar-refractivity contribution in [3.8, 4) is 16.9 Å². The minimum Gasteiger partial charge on any atom is -0.475 e. The molecule has 5 heteroatoms. The van der Waals surface area contributed by atoms with Crippen LogP contribution in [-0.2, 0) is 15.6 Å². The van der Waals surface area contributed by atoms with Gasteiger partial charge in [0.2, 0.25) is 5.90 Å².